The Morgan fingerprint density at radius 1 is 1.11 bits per heavy atom. The van der Waals surface area contributed by atoms with Gasteiger partial charge in [0.05, 0.1) is 12.8 Å². The Hall–Kier alpha value is -3.80. The van der Waals surface area contributed by atoms with Crippen LogP contribution >= 0.6 is 0 Å². The number of rotatable bonds is 10. The summed E-state index contributed by atoms with van der Waals surface area (Å²) in [4.78, 5) is 36.4. The molecule has 0 bridgehead atoms. The van der Waals surface area contributed by atoms with Crippen LogP contribution < -0.4 is 15.0 Å². The highest BCUT2D eigenvalue weighted by Gasteiger charge is 2.22. The molecule has 2 heterocycles. The van der Waals surface area contributed by atoms with Crippen LogP contribution in [0.3, 0.4) is 0 Å². The van der Waals surface area contributed by atoms with Gasteiger partial charge in [-0.3, -0.25) is 14.7 Å². The molecule has 1 N–H and O–H groups in total. The zero-order chi connectivity index (χ0) is 26.9. The number of amides is 1. The molecule has 0 spiro atoms. The van der Waals surface area contributed by atoms with Crippen LogP contribution in [0.1, 0.15) is 13.8 Å². The molecule has 1 aliphatic rings. The molecular formula is C27H33FN6O4. The van der Waals surface area contributed by atoms with Crippen molar-refractivity contribution in [2.75, 3.05) is 56.7 Å². The van der Waals surface area contributed by atoms with Crippen molar-refractivity contribution >= 4 is 29.2 Å². The quantitative estimate of drug-likeness (QED) is 0.302. The highest BCUT2D eigenvalue weighted by molar-refractivity contribution is 5.94. The van der Waals surface area contributed by atoms with E-state index in [-0.39, 0.29) is 17.5 Å². The number of anilines is 4. The van der Waals surface area contributed by atoms with Crippen molar-refractivity contribution in [3.05, 3.63) is 66.6 Å². The first-order valence-corrected chi connectivity index (χ1v) is 12.5. The van der Waals surface area contributed by atoms with E-state index in [1.807, 2.05) is 6.07 Å². The number of aromatic nitrogens is 2. The molecule has 10 nitrogen and oxygen atoms in total. The third-order valence-corrected chi connectivity index (χ3v) is 6.21. The van der Waals surface area contributed by atoms with Crippen LogP contribution in [0.2, 0.25) is 0 Å². The first-order chi connectivity index (χ1) is 18.4. The summed E-state index contributed by atoms with van der Waals surface area (Å²) >= 11 is 0. The molecule has 11 heteroatoms. The highest BCUT2D eigenvalue weighted by atomic mass is 19.1. The van der Waals surface area contributed by atoms with E-state index in [0.717, 1.165) is 32.7 Å². The van der Waals surface area contributed by atoms with E-state index in [0.29, 0.717) is 24.0 Å². The first-order valence-electron chi connectivity index (χ1n) is 12.5. The third kappa shape index (κ3) is 7.15. The molecule has 0 aliphatic carbocycles. The Morgan fingerprint density at radius 2 is 1.87 bits per heavy atom. The van der Waals surface area contributed by atoms with Gasteiger partial charge in [0.25, 0.3) is 0 Å². The summed E-state index contributed by atoms with van der Waals surface area (Å²) in [6.45, 7) is 9.60. The monoisotopic (exact) mass is 524 g/mol. The van der Waals surface area contributed by atoms with E-state index in [4.69, 9.17) is 9.62 Å². The van der Waals surface area contributed by atoms with Crippen LogP contribution in [0.5, 0.6) is 5.75 Å². The summed E-state index contributed by atoms with van der Waals surface area (Å²) in [5, 5.41) is 2.97. The number of piperazine rings is 1. The first kappa shape index (κ1) is 27.2. The largest absolute Gasteiger partial charge is 0.489 e. The molecule has 1 amide bonds. The lowest BCUT2D eigenvalue weighted by Gasteiger charge is -2.36. The minimum atomic E-state index is -0.780. The van der Waals surface area contributed by atoms with Gasteiger partial charge in [-0.2, -0.15) is 9.87 Å². The second kappa shape index (κ2) is 13.1. The molecule has 2 aromatic carbocycles. The lowest BCUT2D eigenvalue weighted by Crippen LogP contribution is -2.49. The zero-order valence-corrected chi connectivity index (χ0v) is 21.8. The Kier molecular flexibility index (Phi) is 9.41. The van der Waals surface area contributed by atoms with E-state index in [2.05, 4.69) is 43.8 Å². The van der Waals surface area contributed by atoms with E-state index < -0.39 is 11.9 Å². The van der Waals surface area contributed by atoms with Crippen LogP contribution in [-0.2, 0) is 9.78 Å². The predicted octanol–water partition coefficient (Wildman–Crippen LogP) is 4.60. The van der Waals surface area contributed by atoms with Crippen LogP contribution in [0.4, 0.5) is 32.3 Å². The van der Waals surface area contributed by atoms with Crippen LogP contribution in [-0.4, -0.2) is 78.3 Å². The van der Waals surface area contributed by atoms with Crippen molar-refractivity contribution < 1.29 is 23.7 Å². The molecule has 38 heavy (non-hydrogen) atoms. The van der Waals surface area contributed by atoms with Gasteiger partial charge in [-0.05, 0) is 38.1 Å². The second-order valence-electron chi connectivity index (χ2n) is 9.02. The van der Waals surface area contributed by atoms with Gasteiger partial charge in [-0.25, -0.2) is 19.1 Å². The Balaban J connectivity index is 1.37. The second-order valence-corrected chi connectivity index (χ2v) is 9.02. The number of nitrogens with one attached hydrogen (secondary N) is 1. The summed E-state index contributed by atoms with van der Waals surface area (Å²) in [5.41, 5.74) is 0.955. The van der Waals surface area contributed by atoms with Gasteiger partial charge in [-0.15, -0.1) is 0 Å². The van der Waals surface area contributed by atoms with Gasteiger partial charge in [0.2, 0.25) is 5.95 Å². The average molecular weight is 525 g/mol. The van der Waals surface area contributed by atoms with Crippen molar-refractivity contribution in [1.82, 2.24) is 19.8 Å². The Morgan fingerprint density at radius 3 is 2.55 bits per heavy atom. The number of carbonyl (C=O) groups excluding carboxylic acids is 1. The number of ether oxygens (including phenoxy) is 1. The molecule has 0 unspecified atom stereocenters. The molecule has 0 atom stereocenters. The van der Waals surface area contributed by atoms with Gasteiger partial charge in [0.1, 0.15) is 12.4 Å². The minimum Gasteiger partial charge on any atom is -0.489 e. The average Bonchev–Trinajstić information content (AvgIpc) is 2.91. The molecule has 4 rings (SSSR count). The molecule has 1 aromatic heterocycles. The number of halogens is 1. The van der Waals surface area contributed by atoms with Gasteiger partial charge >= 0.3 is 6.09 Å². The fourth-order valence-corrected chi connectivity index (χ4v) is 4.16. The molecule has 1 fully saturated rings. The van der Waals surface area contributed by atoms with E-state index in [1.54, 1.807) is 42.5 Å². The Bertz CT molecular complexity index is 1190. The summed E-state index contributed by atoms with van der Waals surface area (Å²) in [6.07, 6.45) is 0.702. The lowest BCUT2D eigenvalue weighted by atomic mass is 10.2. The SMILES string of the molecule is COOC(=O)N(c1ccccc1)c1ccnc(Nc2ccc(OCCN3CCN(C(C)C)CC3)c(F)c2)n1. The van der Waals surface area contributed by atoms with Crippen LogP contribution in [0, 0.1) is 5.82 Å². The van der Waals surface area contributed by atoms with Gasteiger partial charge in [0.15, 0.2) is 11.6 Å². The maximum atomic E-state index is 14.8. The number of hydrogen-bond acceptors (Lipinski definition) is 9. The van der Waals surface area contributed by atoms with Gasteiger partial charge < -0.3 is 10.1 Å². The van der Waals surface area contributed by atoms with E-state index >= 15 is 0 Å². The fourth-order valence-electron chi connectivity index (χ4n) is 4.16. The fraction of sp³-hybridized carbons (Fsp3) is 0.370. The number of nitrogens with zero attached hydrogens (tertiary/aromatic N) is 5. The van der Waals surface area contributed by atoms with E-state index in [9.17, 15) is 9.18 Å². The van der Waals surface area contributed by atoms with Crippen molar-refractivity contribution in [3.63, 3.8) is 0 Å². The van der Waals surface area contributed by atoms with Crippen molar-refractivity contribution in [2.45, 2.75) is 19.9 Å². The topological polar surface area (TPSA) is 92.3 Å². The third-order valence-electron chi connectivity index (χ3n) is 6.21. The van der Waals surface area contributed by atoms with Crippen LogP contribution in [0.15, 0.2) is 60.8 Å². The van der Waals surface area contributed by atoms with Crippen molar-refractivity contribution in [3.8, 4) is 5.75 Å². The minimum absolute atomic E-state index is 0.169. The van der Waals surface area contributed by atoms with Crippen molar-refractivity contribution in [2.24, 2.45) is 0 Å². The molecule has 3 aromatic rings. The van der Waals surface area contributed by atoms with E-state index in [1.165, 1.54) is 24.3 Å². The molecule has 1 aliphatic heterocycles. The smallest absolute Gasteiger partial charge is 0.451 e. The normalized spacial score (nSPS) is 14.3. The van der Waals surface area contributed by atoms with Gasteiger partial charge in [-0.1, -0.05) is 18.2 Å². The molecular weight excluding hydrogens is 491 g/mol. The molecule has 0 radical (unpaired) electrons. The number of para-hydroxylation sites is 1. The maximum Gasteiger partial charge on any atom is 0.451 e. The molecule has 0 saturated carbocycles. The van der Waals surface area contributed by atoms with Crippen molar-refractivity contribution in [1.29, 1.82) is 0 Å². The summed E-state index contributed by atoms with van der Waals surface area (Å²) in [7, 11) is 1.24. The molecule has 202 valence electrons. The Labute approximate surface area is 221 Å². The summed E-state index contributed by atoms with van der Waals surface area (Å²) in [6, 6.07) is 15.5. The lowest BCUT2D eigenvalue weighted by molar-refractivity contribution is -0.210. The standard InChI is InChI=1S/C27H33FN6O4/c1-20(2)33-15-13-32(14-16-33)17-18-37-24-10-9-21(19-23(24)28)30-26-29-12-11-25(31-26)34(27(35)38-36-3)22-7-5-4-6-8-22/h4-12,19-20H,13-18H2,1-3H3,(H,29,30,31). The van der Waals surface area contributed by atoms with Gasteiger partial charge in [0, 0.05) is 62.8 Å². The number of carbonyl (C=O) groups is 1. The predicted molar refractivity (Wildman–Crippen MR) is 142 cm³/mol. The number of benzene rings is 2. The maximum absolute atomic E-state index is 14.8. The zero-order valence-electron chi connectivity index (χ0n) is 21.8. The highest BCUT2D eigenvalue weighted by Crippen LogP contribution is 2.27. The molecule has 1 saturated heterocycles. The summed E-state index contributed by atoms with van der Waals surface area (Å²) < 4.78 is 20.5. The number of hydrogen-bond donors (Lipinski definition) is 1. The van der Waals surface area contributed by atoms with Crippen LogP contribution in [0.25, 0.3) is 0 Å². The summed E-state index contributed by atoms with van der Waals surface area (Å²) in [5.74, 6) is 0.0987.